The van der Waals surface area contributed by atoms with Crippen molar-refractivity contribution in [1.82, 2.24) is 24.5 Å². The molecule has 22 aromatic rings. The SMILES string of the molecule is c1ccc(-c2cccc(-c3ccc(-c4cc(-c5ccc(-c6cccc(-c7cccc(-c8ccccc8)c7)c6)cc5)nc(-c5cccc(-c6ccccc6)c5)n4)cc3)c2)cc1.c1ccc(-c2cccc(-c3ccc(-c4cc(-c5ccc(-c6cccc(-c7cccc(-c8ccccc8)c7)c6)cc5)nc(-c5cccc(-n6c7ccccc7c7ccccc76)c5)n4)cc3)c2)cc1. The van der Waals surface area contributed by atoms with Gasteiger partial charge in [-0.05, 0) is 201 Å². The van der Waals surface area contributed by atoms with Crippen LogP contribution in [0.25, 0.3) is 218 Å². The smallest absolute Gasteiger partial charge is 0.160 e. The van der Waals surface area contributed by atoms with Crippen LogP contribution in [0.3, 0.4) is 0 Å². The van der Waals surface area contributed by atoms with Crippen molar-refractivity contribution >= 4 is 21.8 Å². The molecule has 596 valence electrons. The van der Waals surface area contributed by atoms with Crippen LogP contribution in [0, 0.1) is 0 Å². The summed E-state index contributed by atoms with van der Waals surface area (Å²) in [5.74, 6) is 1.36. The molecule has 0 bridgehead atoms. The maximum absolute atomic E-state index is 5.32. The van der Waals surface area contributed by atoms with E-state index in [1.54, 1.807) is 0 Å². The molecular weight excluding hydrogens is 1540 g/mol. The van der Waals surface area contributed by atoms with Crippen LogP contribution < -0.4 is 0 Å². The summed E-state index contributed by atoms with van der Waals surface area (Å²) in [6.07, 6.45) is 0. The third-order valence-corrected chi connectivity index (χ3v) is 23.9. The Kier molecular flexibility index (Phi) is 21.5. The van der Waals surface area contributed by atoms with Crippen LogP contribution in [-0.4, -0.2) is 24.5 Å². The standard InChI is InChI=1S/C64H43N3.C58H40N2/c1-3-15-44(16-4-1)50-19-11-21-52(39-50)46-31-35-48(36-32-46)60-43-61(66-64(65-60)56-25-14-26-57(42-56)67-62-29-9-7-27-58(62)59-28-8-10-30-63(59)67)49-37-33-47(34-38-49)53-22-13-24-55(41-53)54-23-12-20-51(40-54)45-17-5-2-6-18-45;1-4-14-41(15-5-1)48-20-10-22-50(36-48)44-28-32-46(33-29-44)56-40-57(60-58(59-56)55-27-13-24-52(39-55)43-18-8-3-9-19-43)47-34-30-45(31-35-47)51-23-12-26-54(38-51)53-25-11-21-49(37-53)42-16-6-2-7-17-42/h1-43H;1-40H. The molecule has 0 saturated heterocycles. The van der Waals surface area contributed by atoms with E-state index in [0.29, 0.717) is 11.6 Å². The van der Waals surface area contributed by atoms with Crippen molar-refractivity contribution in [2.24, 2.45) is 0 Å². The van der Waals surface area contributed by atoms with Crippen molar-refractivity contribution in [2.75, 3.05) is 0 Å². The maximum atomic E-state index is 5.32. The average molecular weight is 1620 g/mol. The van der Waals surface area contributed by atoms with Crippen LogP contribution in [0.1, 0.15) is 0 Å². The van der Waals surface area contributed by atoms with Gasteiger partial charge < -0.3 is 4.57 Å². The first-order chi connectivity index (χ1) is 62.9. The van der Waals surface area contributed by atoms with E-state index in [0.717, 1.165) is 112 Å². The third-order valence-electron chi connectivity index (χ3n) is 23.9. The Balaban J connectivity index is 0.000000156. The minimum atomic E-state index is 0.671. The number of para-hydroxylation sites is 2. The van der Waals surface area contributed by atoms with E-state index in [9.17, 15) is 0 Å². The fourth-order valence-electron chi connectivity index (χ4n) is 17.3. The highest BCUT2D eigenvalue weighted by Crippen LogP contribution is 2.41. The number of hydrogen-bond acceptors (Lipinski definition) is 4. The van der Waals surface area contributed by atoms with Crippen LogP contribution in [-0.2, 0) is 0 Å². The molecule has 0 amide bonds. The van der Waals surface area contributed by atoms with Crippen LogP contribution in [0.2, 0.25) is 0 Å². The highest BCUT2D eigenvalue weighted by Gasteiger charge is 2.19. The van der Waals surface area contributed by atoms with Gasteiger partial charge in [0.1, 0.15) is 0 Å². The van der Waals surface area contributed by atoms with E-state index in [4.69, 9.17) is 19.9 Å². The first kappa shape index (κ1) is 77.5. The van der Waals surface area contributed by atoms with Gasteiger partial charge in [-0.15, -0.1) is 0 Å². The van der Waals surface area contributed by atoms with Gasteiger partial charge in [0.2, 0.25) is 0 Å². The topological polar surface area (TPSA) is 56.5 Å². The van der Waals surface area contributed by atoms with Gasteiger partial charge in [-0.2, -0.15) is 0 Å². The number of benzene rings is 19. The van der Waals surface area contributed by atoms with Gasteiger partial charge in [0.25, 0.3) is 0 Å². The number of hydrogen-bond donors (Lipinski definition) is 0. The summed E-state index contributed by atoms with van der Waals surface area (Å²) >= 11 is 0. The summed E-state index contributed by atoms with van der Waals surface area (Å²) in [5.41, 5.74) is 38.9. The Morgan fingerprint density at radius 2 is 0.291 bits per heavy atom. The van der Waals surface area contributed by atoms with Crippen molar-refractivity contribution in [2.45, 2.75) is 0 Å². The molecule has 5 heteroatoms. The fraction of sp³-hybridized carbons (Fsp3) is 0. The lowest BCUT2D eigenvalue weighted by Crippen LogP contribution is -1.98. The summed E-state index contributed by atoms with van der Waals surface area (Å²) in [6.45, 7) is 0. The molecule has 0 spiro atoms. The third kappa shape index (κ3) is 16.8. The predicted octanol–water partition coefficient (Wildman–Crippen LogP) is 32.4. The van der Waals surface area contributed by atoms with E-state index in [1.807, 2.05) is 6.07 Å². The van der Waals surface area contributed by atoms with E-state index in [-0.39, 0.29) is 0 Å². The van der Waals surface area contributed by atoms with E-state index >= 15 is 0 Å². The maximum Gasteiger partial charge on any atom is 0.160 e. The molecule has 3 heterocycles. The molecule has 5 nitrogen and oxygen atoms in total. The number of fused-ring (bicyclic) bond motifs is 3. The number of aromatic nitrogens is 5. The van der Waals surface area contributed by atoms with Gasteiger partial charge >= 0.3 is 0 Å². The fourth-order valence-corrected chi connectivity index (χ4v) is 17.3. The second-order valence-corrected chi connectivity index (χ2v) is 32.0. The molecular formula is C122H83N5. The lowest BCUT2D eigenvalue weighted by molar-refractivity contribution is 1.16. The lowest BCUT2D eigenvalue weighted by atomic mass is 9.95. The minimum absolute atomic E-state index is 0.671. The predicted molar refractivity (Wildman–Crippen MR) is 531 cm³/mol. The second-order valence-electron chi connectivity index (χ2n) is 32.0. The molecule has 22 rings (SSSR count). The Bertz CT molecular complexity index is 7630. The van der Waals surface area contributed by atoms with Crippen molar-refractivity contribution < 1.29 is 0 Å². The molecule has 0 saturated carbocycles. The van der Waals surface area contributed by atoms with E-state index in [2.05, 4.69) is 502 Å². The molecule has 0 unspecified atom stereocenters. The monoisotopic (exact) mass is 1620 g/mol. The Hall–Kier alpha value is -16.9. The summed E-state index contributed by atoms with van der Waals surface area (Å²) in [4.78, 5) is 21.1. The Morgan fingerprint density at radius 3 is 0.543 bits per heavy atom. The molecule has 0 aliphatic carbocycles. The van der Waals surface area contributed by atoms with Crippen molar-refractivity contribution in [3.8, 4) is 196 Å². The molecule has 0 aliphatic heterocycles. The quantitative estimate of drug-likeness (QED) is 0.0859. The molecule has 0 atom stereocenters. The molecule has 0 radical (unpaired) electrons. The lowest BCUT2D eigenvalue weighted by Gasteiger charge is -2.13. The summed E-state index contributed by atoms with van der Waals surface area (Å²) < 4.78 is 2.35. The molecule has 0 N–H and O–H groups in total. The summed E-state index contributed by atoms with van der Waals surface area (Å²) in [7, 11) is 0. The molecule has 127 heavy (non-hydrogen) atoms. The van der Waals surface area contributed by atoms with Crippen LogP contribution in [0.4, 0.5) is 0 Å². The number of nitrogens with zero attached hydrogens (tertiary/aromatic N) is 5. The second kappa shape index (κ2) is 35.3. The van der Waals surface area contributed by atoms with Crippen molar-refractivity contribution in [3.63, 3.8) is 0 Å². The van der Waals surface area contributed by atoms with Gasteiger partial charge in [-0.3, -0.25) is 0 Å². The van der Waals surface area contributed by atoms with Crippen molar-refractivity contribution in [3.05, 3.63) is 504 Å². The van der Waals surface area contributed by atoms with E-state index < -0.39 is 0 Å². The summed E-state index contributed by atoms with van der Waals surface area (Å²) in [5, 5.41) is 2.46. The molecule has 19 aromatic carbocycles. The van der Waals surface area contributed by atoms with Gasteiger partial charge in [0.15, 0.2) is 11.6 Å². The zero-order valence-electron chi connectivity index (χ0n) is 69.7. The zero-order valence-corrected chi connectivity index (χ0v) is 69.7. The largest absolute Gasteiger partial charge is 0.309 e. The van der Waals surface area contributed by atoms with Crippen molar-refractivity contribution in [1.29, 1.82) is 0 Å². The Morgan fingerprint density at radius 1 is 0.118 bits per heavy atom. The van der Waals surface area contributed by atoms with E-state index in [1.165, 1.54) is 94.2 Å². The highest BCUT2D eigenvalue weighted by atomic mass is 15.0. The number of rotatable bonds is 18. The molecule has 3 aromatic heterocycles. The highest BCUT2D eigenvalue weighted by molar-refractivity contribution is 6.09. The zero-order chi connectivity index (χ0) is 84.6. The van der Waals surface area contributed by atoms with Crippen LogP contribution in [0.5, 0.6) is 0 Å². The average Bonchev–Trinajstić information content (AvgIpc) is 1.60. The Labute approximate surface area is 740 Å². The minimum Gasteiger partial charge on any atom is -0.309 e. The van der Waals surface area contributed by atoms with Gasteiger partial charge in [0, 0.05) is 49.8 Å². The first-order valence-corrected chi connectivity index (χ1v) is 43.2. The summed E-state index contributed by atoms with van der Waals surface area (Å²) in [6, 6.07) is 179. The van der Waals surface area contributed by atoms with Gasteiger partial charge in [0.05, 0.1) is 33.8 Å². The van der Waals surface area contributed by atoms with Crippen LogP contribution in [0.15, 0.2) is 504 Å². The van der Waals surface area contributed by atoms with Crippen LogP contribution >= 0.6 is 0 Å². The molecule has 0 aliphatic rings. The first-order valence-electron chi connectivity index (χ1n) is 43.2. The van der Waals surface area contributed by atoms with Gasteiger partial charge in [-0.1, -0.05) is 425 Å². The molecule has 0 fully saturated rings. The van der Waals surface area contributed by atoms with Gasteiger partial charge in [-0.25, -0.2) is 19.9 Å². The normalized spacial score (nSPS) is 11.1.